The maximum absolute atomic E-state index is 13.2. The van der Waals surface area contributed by atoms with Crippen LogP contribution in [0.3, 0.4) is 0 Å². The number of amides is 1. The Balaban J connectivity index is 1.47. The van der Waals surface area contributed by atoms with Gasteiger partial charge in [-0.25, -0.2) is 0 Å². The van der Waals surface area contributed by atoms with Gasteiger partial charge in [0.1, 0.15) is 18.1 Å². The maximum Gasteiger partial charge on any atom is 0.295 e. The van der Waals surface area contributed by atoms with Crippen LogP contribution in [0.15, 0.2) is 109 Å². The van der Waals surface area contributed by atoms with E-state index in [0.717, 1.165) is 11.1 Å². The summed E-state index contributed by atoms with van der Waals surface area (Å²) in [5.74, 6) is -1.02. The molecule has 0 spiro atoms. The number of rotatable bonds is 7. The molecule has 1 saturated heterocycles. The second-order valence-corrected chi connectivity index (χ2v) is 8.37. The predicted molar refractivity (Wildman–Crippen MR) is 134 cm³/mol. The van der Waals surface area contributed by atoms with Gasteiger partial charge in [-0.1, -0.05) is 36.4 Å². The van der Waals surface area contributed by atoms with Gasteiger partial charge in [-0.2, -0.15) is 0 Å². The van der Waals surface area contributed by atoms with Gasteiger partial charge < -0.3 is 14.7 Å². The number of Topliss-reactive ketones (excluding diaryl/α,β-unsaturated/α-hetero) is 1. The first-order valence-corrected chi connectivity index (χ1v) is 11.5. The number of benzene rings is 2. The molecular formula is C29H23N3O4. The highest BCUT2D eigenvalue weighted by Crippen LogP contribution is 2.40. The molecule has 7 nitrogen and oxygen atoms in total. The predicted octanol–water partition coefficient (Wildman–Crippen LogP) is 4.68. The molecule has 0 saturated carbocycles. The fourth-order valence-corrected chi connectivity index (χ4v) is 4.23. The Hall–Kier alpha value is -4.78. The van der Waals surface area contributed by atoms with E-state index >= 15 is 0 Å². The smallest absolute Gasteiger partial charge is 0.295 e. The molecule has 1 N–H and O–H groups in total. The Morgan fingerprint density at radius 1 is 0.833 bits per heavy atom. The normalized spacial score (nSPS) is 16.8. The van der Waals surface area contributed by atoms with Crippen molar-refractivity contribution in [2.24, 2.45) is 0 Å². The fourth-order valence-electron chi connectivity index (χ4n) is 4.23. The number of likely N-dealkylation sites (tertiary alicyclic amines) is 1. The van der Waals surface area contributed by atoms with Crippen LogP contribution in [0.4, 0.5) is 0 Å². The van der Waals surface area contributed by atoms with Gasteiger partial charge in [-0.3, -0.25) is 19.6 Å². The number of aliphatic hydroxyl groups excluding tert-OH is 1. The standard InChI is InChI=1S/C29H23N3O4/c33-27(23-8-10-24(11-9-23)36-19-20-5-2-1-3-6-20)25-26(22-12-15-30-16-13-22)32(29(35)28(25)34)18-21-7-4-14-31-17-21/h1-17,26,33H,18-19H2/b27-25-. The van der Waals surface area contributed by atoms with Crippen LogP contribution in [-0.4, -0.2) is 31.7 Å². The minimum absolute atomic E-state index is 0.0352. The van der Waals surface area contributed by atoms with E-state index in [4.69, 9.17) is 4.74 Å². The van der Waals surface area contributed by atoms with Crippen LogP contribution in [0.2, 0.25) is 0 Å². The van der Waals surface area contributed by atoms with Gasteiger partial charge in [0.2, 0.25) is 0 Å². The van der Waals surface area contributed by atoms with Crippen molar-refractivity contribution in [3.8, 4) is 5.75 Å². The number of hydrogen-bond acceptors (Lipinski definition) is 6. The minimum atomic E-state index is -0.762. The van der Waals surface area contributed by atoms with Gasteiger partial charge in [-0.15, -0.1) is 0 Å². The third-order valence-electron chi connectivity index (χ3n) is 6.01. The summed E-state index contributed by atoms with van der Waals surface area (Å²) in [4.78, 5) is 35.9. The Morgan fingerprint density at radius 3 is 2.25 bits per heavy atom. The number of nitrogens with zero attached hydrogens (tertiary/aromatic N) is 3. The molecular weight excluding hydrogens is 454 g/mol. The molecule has 0 radical (unpaired) electrons. The van der Waals surface area contributed by atoms with E-state index in [0.29, 0.717) is 23.5 Å². The minimum Gasteiger partial charge on any atom is -0.507 e. The van der Waals surface area contributed by atoms with Crippen LogP contribution >= 0.6 is 0 Å². The first-order valence-electron chi connectivity index (χ1n) is 11.5. The van der Waals surface area contributed by atoms with Gasteiger partial charge in [0.15, 0.2) is 0 Å². The Bertz CT molecular complexity index is 1390. The van der Waals surface area contributed by atoms with Gasteiger partial charge in [-0.05, 0) is 59.2 Å². The monoisotopic (exact) mass is 477 g/mol. The third kappa shape index (κ3) is 4.72. The highest BCUT2D eigenvalue weighted by molar-refractivity contribution is 6.46. The lowest BCUT2D eigenvalue weighted by atomic mass is 9.96. The topological polar surface area (TPSA) is 92.6 Å². The summed E-state index contributed by atoms with van der Waals surface area (Å²) in [6, 6.07) is 22.9. The second-order valence-electron chi connectivity index (χ2n) is 8.37. The summed E-state index contributed by atoms with van der Waals surface area (Å²) in [6.07, 6.45) is 6.49. The Labute approximate surface area is 208 Å². The van der Waals surface area contributed by atoms with Crippen molar-refractivity contribution in [1.29, 1.82) is 0 Å². The molecule has 5 rings (SSSR count). The quantitative estimate of drug-likeness (QED) is 0.236. The first-order chi connectivity index (χ1) is 17.6. The lowest BCUT2D eigenvalue weighted by Gasteiger charge is -2.25. The number of aromatic nitrogens is 2. The molecule has 1 unspecified atom stereocenters. The van der Waals surface area contributed by atoms with E-state index in [-0.39, 0.29) is 17.9 Å². The number of ether oxygens (including phenoxy) is 1. The number of aliphatic hydroxyl groups is 1. The van der Waals surface area contributed by atoms with Gasteiger partial charge in [0.25, 0.3) is 11.7 Å². The van der Waals surface area contributed by atoms with Crippen LogP contribution in [0.5, 0.6) is 5.75 Å². The zero-order valence-corrected chi connectivity index (χ0v) is 19.3. The molecule has 0 aliphatic carbocycles. The molecule has 1 atom stereocenters. The molecule has 1 aliphatic rings. The zero-order valence-electron chi connectivity index (χ0n) is 19.3. The third-order valence-corrected chi connectivity index (χ3v) is 6.01. The molecule has 4 aromatic rings. The summed E-state index contributed by atoms with van der Waals surface area (Å²) in [5, 5.41) is 11.2. The molecule has 2 aromatic carbocycles. The summed E-state index contributed by atoms with van der Waals surface area (Å²) < 4.78 is 5.82. The van der Waals surface area contributed by atoms with Crippen molar-refractivity contribution in [2.45, 2.75) is 19.2 Å². The van der Waals surface area contributed by atoms with Gasteiger partial charge >= 0.3 is 0 Å². The van der Waals surface area contributed by atoms with Crippen molar-refractivity contribution in [1.82, 2.24) is 14.9 Å². The van der Waals surface area contributed by atoms with E-state index in [2.05, 4.69) is 9.97 Å². The van der Waals surface area contributed by atoms with Gasteiger partial charge in [0, 0.05) is 36.9 Å². The lowest BCUT2D eigenvalue weighted by molar-refractivity contribution is -0.140. The average molecular weight is 478 g/mol. The Kier molecular flexibility index (Phi) is 6.53. The molecule has 2 aromatic heterocycles. The summed E-state index contributed by atoms with van der Waals surface area (Å²) in [6.45, 7) is 0.585. The average Bonchev–Trinajstić information content (AvgIpc) is 3.18. The molecule has 36 heavy (non-hydrogen) atoms. The number of carbonyl (C=O) groups is 2. The van der Waals surface area contributed by atoms with Crippen LogP contribution in [-0.2, 0) is 22.7 Å². The summed E-state index contributed by atoms with van der Waals surface area (Å²) in [5.41, 5.74) is 2.94. The first kappa shape index (κ1) is 23.0. The highest BCUT2D eigenvalue weighted by atomic mass is 16.5. The van der Waals surface area contributed by atoms with E-state index in [1.54, 1.807) is 67.3 Å². The molecule has 1 aliphatic heterocycles. The van der Waals surface area contributed by atoms with E-state index in [9.17, 15) is 14.7 Å². The van der Waals surface area contributed by atoms with Crippen LogP contribution < -0.4 is 4.74 Å². The summed E-state index contributed by atoms with van der Waals surface area (Å²) in [7, 11) is 0. The molecule has 3 heterocycles. The second kappa shape index (κ2) is 10.2. The fraction of sp³-hybridized carbons (Fsp3) is 0.103. The lowest BCUT2D eigenvalue weighted by Crippen LogP contribution is -2.29. The maximum atomic E-state index is 13.2. The zero-order chi connectivity index (χ0) is 24.9. The van der Waals surface area contributed by atoms with E-state index in [1.807, 2.05) is 36.4 Å². The molecule has 7 heteroatoms. The van der Waals surface area contributed by atoms with Crippen LogP contribution in [0, 0.1) is 0 Å². The highest BCUT2D eigenvalue weighted by Gasteiger charge is 2.46. The van der Waals surface area contributed by atoms with Crippen LogP contribution in [0.1, 0.15) is 28.3 Å². The number of pyridine rings is 2. The summed E-state index contributed by atoms with van der Waals surface area (Å²) >= 11 is 0. The molecule has 1 amide bonds. The van der Waals surface area contributed by atoms with Crippen molar-refractivity contribution >= 4 is 17.4 Å². The van der Waals surface area contributed by atoms with E-state index < -0.39 is 17.7 Å². The number of ketones is 1. The van der Waals surface area contributed by atoms with E-state index in [1.165, 1.54) is 4.90 Å². The number of carbonyl (C=O) groups excluding carboxylic acids is 2. The van der Waals surface area contributed by atoms with Crippen molar-refractivity contribution in [2.75, 3.05) is 0 Å². The Morgan fingerprint density at radius 2 is 1.56 bits per heavy atom. The van der Waals surface area contributed by atoms with Crippen LogP contribution in [0.25, 0.3) is 5.76 Å². The number of hydrogen-bond donors (Lipinski definition) is 1. The largest absolute Gasteiger partial charge is 0.507 e. The van der Waals surface area contributed by atoms with Crippen molar-refractivity contribution < 1.29 is 19.4 Å². The van der Waals surface area contributed by atoms with Crippen molar-refractivity contribution in [3.05, 3.63) is 131 Å². The van der Waals surface area contributed by atoms with Crippen molar-refractivity contribution in [3.63, 3.8) is 0 Å². The molecule has 1 fully saturated rings. The molecule has 178 valence electrons. The SMILES string of the molecule is O=C1C(=O)N(Cc2cccnc2)C(c2ccncc2)/C1=C(/O)c1ccc(OCc2ccccc2)cc1. The molecule has 0 bridgehead atoms. The van der Waals surface area contributed by atoms with Gasteiger partial charge in [0.05, 0.1) is 11.6 Å².